The Morgan fingerprint density at radius 3 is 2.50 bits per heavy atom. The summed E-state index contributed by atoms with van der Waals surface area (Å²) in [6.07, 6.45) is 2.89. The molecule has 7 heteroatoms. The summed E-state index contributed by atoms with van der Waals surface area (Å²) in [6, 6.07) is 20.9. The molecule has 4 rings (SSSR count). The van der Waals surface area contributed by atoms with Gasteiger partial charge in [0.1, 0.15) is 6.33 Å². The summed E-state index contributed by atoms with van der Waals surface area (Å²) in [5, 5.41) is 10.3. The fourth-order valence-corrected chi connectivity index (χ4v) is 4.02. The van der Waals surface area contributed by atoms with Crippen LogP contribution in [-0.4, -0.2) is 29.3 Å². The number of fused-ring (bicyclic) bond motifs is 1. The van der Waals surface area contributed by atoms with Gasteiger partial charge in [-0.1, -0.05) is 36.4 Å². The molecule has 0 atom stereocenters. The molecule has 0 spiro atoms. The fourth-order valence-electron chi connectivity index (χ4n) is 3.45. The Hall–Kier alpha value is -3.16. The van der Waals surface area contributed by atoms with E-state index in [0.29, 0.717) is 5.69 Å². The van der Waals surface area contributed by atoms with Crippen molar-refractivity contribution in [2.24, 2.45) is 0 Å². The van der Waals surface area contributed by atoms with Crippen molar-refractivity contribution in [3.63, 3.8) is 0 Å². The van der Waals surface area contributed by atoms with Gasteiger partial charge in [-0.3, -0.25) is 9.29 Å². The minimum Gasteiger partial charge on any atom is -0.386 e. The van der Waals surface area contributed by atoms with Gasteiger partial charge in [0.25, 0.3) is 0 Å². The number of nitrogens with one attached hydrogen (secondary N) is 1. The van der Waals surface area contributed by atoms with Gasteiger partial charge in [-0.05, 0) is 55.3 Å². The number of para-hydroxylation sites is 1. The number of sulfonamides is 1. The first-order chi connectivity index (χ1) is 14.1. The molecule has 0 saturated heterocycles. The van der Waals surface area contributed by atoms with Gasteiger partial charge in [0.05, 0.1) is 28.6 Å². The summed E-state index contributed by atoms with van der Waals surface area (Å²) in [4.78, 5) is 4.50. The molecule has 0 radical (unpaired) electrons. The molecular formula is C23H23N3O3S. The zero-order valence-electron chi connectivity index (χ0n) is 17.0. The molecule has 4 aromatic rings. The predicted octanol–water partition coefficient (Wildman–Crippen LogP) is 4.29. The maximum atomic E-state index is 11.7. The second-order valence-corrected chi connectivity index (χ2v) is 9.60. The first kappa shape index (κ1) is 20.1. The van der Waals surface area contributed by atoms with Gasteiger partial charge in [-0.25, -0.2) is 13.4 Å². The van der Waals surface area contributed by atoms with E-state index in [4.69, 9.17) is 0 Å². The predicted molar refractivity (Wildman–Crippen MR) is 120 cm³/mol. The number of hydrogen-bond donors (Lipinski definition) is 2. The SMILES string of the molecule is CC(C)(O)c1ccc2c(c1)ncn2-c1cccc(-c2ccccc2NS(C)(=O)=O)c1. The maximum absolute atomic E-state index is 11.7. The van der Waals surface area contributed by atoms with Crippen LogP contribution in [0.3, 0.4) is 0 Å². The van der Waals surface area contributed by atoms with Gasteiger partial charge < -0.3 is 5.11 Å². The first-order valence-corrected chi connectivity index (χ1v) is 11.4. The normalized spacial score (nSPS) is 12.3. The lowest BCUT2D eigenvalue weighted by atomic mass is 9.98. The number of hydrogen-bond acceptors (Lipinski definition) is 4. The Balaban J connectivity index is 1.79. The van der Waals surface area contributed by atoms with Crippen LogP contribution in [0.15, 0.2) is 73.1 Å². The molecule has 0 aliphatic carbocycles. The van der Waals surface area contributed by atoms with Crippen LogP contribution >= 0.6 is 0 Å². The fraction of sp³-hybridized carbons (Fsp3) is 0.174. The van der Waals surface area contributed by atoms with Crippen molar-refractivity contribution in [3.8, 4) is 16.8 Å². The summed E-state index contributed by atoms with van der Waals surface area (Å²) in [5.41, 5.74) is 4.68. The summed E-state index contributed by atoms with van der Waals surface area (Å²) < 4.78 is 28.0. The number of aliphatic hydroxyl groups is 1. The van der Waals surface area contributed by atoms with Crippen molar-refractivity contribution in [1.29, 1.82) is 0 Å². The lowest BCUT2D eigenvalue weighted by Gasteiger charge is -2.17. The van der Waals surface area contributed by atoms with Gasteiger partial charge in [-0.2, -0.15) is 0 Å². The first-order valence-electron chi connectivity index (χ1n) is 9.49. The molecule has 0 aliphatic rings. The van der Waals surface area contributed by atoms with Crippen LogP contribution in [0.2, 0.25) is 0 Å². The van der Waals surface area contributed by atoms with Crippen LogP contribution in [0.25, 0.3) is 27.8 Å². The zero-order valence-corrected chi connectivity index (χ0v) is 17.8. The molecule has 1 heterocycles. The van der Waals surface area contributed by atoms with E-state index >= 15 is 0 Å². The highest BCUT2D eigenvalue weighted by Gasteiger charge is 2.17. The smallest absolute Gasteiger partial charge is 0.229 e. The summed E-state index contributed by atoms with van der Waals surface area (Å²) in [6.45, 7) is 3.49. The molecule has 154 valence electrons. The maximum Gasteiger partial charge on any atom is 0.229 e. The van der Waals surface area contributed by atoms with E-state index in [-0.39, 0.29) is 0 Å². The number of nitrogens with zero attached hydrogens (tertiary/aromatic N) is 2. The van der Waals surface area contributed by atoms with Crippen LogP contribution in [-0.2, 0) is 15.6 Å². The van der Waals surface area contributed by atoms with Crippen molar-refractivity contribution < 1.29 is 13.5 Å². The quantitative estimate of drug-likeness (QED) is 0.503. The number of anilines is 1. The molecule has 1 aromatic heterocycles. The number of imidazole rings is 1. The second kappa shape index (κ2) is 7.27. The van der Waals surface area contributed by atoms with Gasteiger partial charge in [0.15, 0.2) is 0 Å². The molecule has 0 saturated carbocycles. The minimum atomic E-state index is -3.39. The highest BCUT2D eigenvalue weighted by atomic mass is 32.2. The average molecular weight is 422 g/mol. The van der Waals surface area contributed by atoms with Crippen molar-refractivity contribution in [3.05, 3.63) is 78.6 Å². The lowest BCUT2D eigenvalue weighted by molar-refractivity contribution is 0.0787. The lowest BCUT2D eigenvalue weighted by Crippen LogP contribution is -2.15. The van der Waals surface area contributed by atoms with E-state index in [1.165, 1.54) is 0 Å². The van der Waals surface area contributed by atoms with Crippen molar-refractivity contribution in [2.45, 2.75) is 19.4 Å². The molecular weight excluding hydrogens is 398 g/mol. The van der Waals surface area contributed by atoms with Crippen LogP contribution in [0.1, 0.15) is 19.4 Å². The van der Waals surface area contributed by atoms with Crippen molar-refractivity contribution in [2.75, 3.05) is 11.0 Å². The van der Waals surface area contributed by atoms with E-state index in [9.17, 15) is 13.5 Å². The topological polar surface area (TPSA) is 84.2 Å². The van der Waals surface area contributed by atoms with Crippen LogP contribution < -0.4 is 4.72 Å². The van der Waals surface area contributed by atoms with Gasteiger partial charge in [0.2, 0.25) is 10.0 Å². The largest absolute Gasteiger partial charge is 0.386 e. The highest BCUT2D eigenvalue weighted by Crippen LogP contribution is 2.31. The van der Waals surface area contributed by atoms with Crippen molar-refractivity contribution in [1.82, 2.24) is 9.55 Å². The van der Waals surface area contributed by atoms with Crippen molar-refractivity contribution >= 4 is 26.7 Å². The second-order valence-electron chi connectivity index (χ2n) is 7.85. The molecule has 2 N–H and O–H groups in total. The highest BCUT2D eigenvalue weighted by molar-refractivity contribution is 7.92. The number of aromatic nitrogens is 2. The number of benzene rings is 3. The van der Waals surface area contributed by atoms with Gasteiger partial charge in [-0.15, -0.1) is 0 Å². The molecule has 0 bridgehead atoms. The Morgan fingerprint density at radius 1 is 1.00 bits per heavy atom. The summed E-state index contributed by atoms with van der Waals surface area (Å²) >= 11 is 0. The van der Waals surface area contributed by atoms with E-state index in [1.807, 2.05) is 59.2 Å². The van der Waals surface area contributed by atoms with E-state index in [2.05, 4.69) is 9.71 Å². The molecule has 30 heavy (non-hydrogen) atoms. The van der Waals surface area contributed by atoms with Gasteiger partial charge in [0, 0.05) is 11.3 Å². The molecule has 0 unspecified atom stereocenters. The third-order valence-corrected chi connectivity index (χ3v) is 5.50. The van der Waals surface area contributed by atoms with Crippen LogP contribution in [0.5, 0.6) is 0 Å². The number of rotatable bonds is 5. The monoisotopic (exact) mass is 421 g/mol. The molecule has 0 amide bonds. The molecule has 3 aromatic carbocycles. The van der Waals surface area contributed by atoms with Crippen LogP contribution in [0, 0.1) is 0 Å². The minimum absolute atomic E-state index is 0.530. The third-order valence-electron chi connectivity index (χ3n) is 4.91. The standard InChI is InChI=1S/C23H23N3O3S/c1-23(2,27)17-11-12-22-21(14-17)24-15-26(22)18-8-6-7-16(13-18)19-9-4-5-10-20(19)25-30(3,28)29/h4-15,25,27H,1-3H3. The summed E-state index contributed by atoms with van der Waals surface area (Å²) in [5.74, 6) is 0. The Morgan fingerprint density at radius 2 is 1.77 bits per heavy atom. The average Bonchev–Trinajstić information content (AvgIpc) is 3.10. The molecule has 0 fully saturated rings. The van der Waals surface area contributed by atoms with Gasteiger partial charge >= 0.3 is 0 Å². The van der Waals surface area contributed by atoms with E-state index < -0.39 is 15.6 Å². The Bertz CT molecular complexity index is 1340. The van der Waals surface area contributed by atoms with Crippen LogP contribution in [0.4, 0.5) is 5.69 Å². The molecule has 6 nitrogen and oxygen atoms in total. The van der Waals surface area contributed by atoms with E-state index in [1.54, 1.807) is 32.3 Å². The summed E-state index contributed by atoms with van der Waals surface area (Å²) in [7, 11) is -3.39. The third kappa shape index (κ3) is 4.08. The van der Waals surface area contributed by atoms with E-state index in [0.717, 1.165) is 39.7 Å². The Kier molecular flexibility index (Phi) is 4.88. The zero-order chi connectivity index (χ0) is 21.5. The Labute approximate surface area is 175 Å². The molecule has 0 aliphatic heterocycles.